The van der Waals surface area contributed by atoms with E-state index in [1.54, 1.807) is 24.8 Å². The number of carbonyl (C=O) groups excluding carboxylic acids is 2. The molecule has 0 spiro atoms. The van der Waals surface area contributed by atoms with Crippen molar-refractivity contribution in [2.45, 2.75) is 38.0 Å². The molecule has 7 aromatic rings. The maximum Gasteiger partial charge on any atom is 0.167 e. The second-order valence-electron chi connectivity index (χ2n) is 13.1. The summed E-state index contributed by atoms with van der Waals surface area (Å²) in [6, 6.07) is 38.1. The molecule has 0 radical (unpaired) electrons. The molecule has 0 fully saturated rings. The van der Waals surface area contributed by atoms with E-state index in [4.69, 9.17) is 0 Å². The van der Waals surface area contributed by atoms with Crippen LogP contribution in [0.2, 0.25) is 0 Å². The molecule has 0 saturated heterocycles. The van der Waals surface area contributed by atoms with Crippen molar-refractivity contribution < 1.29 is 9.59 Å². The van der Waals surface area contributed by atoms with Gasteiger partial charge in [0.25, 0.3) is 0 Å². The van der Waals surface area contributed by atoms with E-state index in [0.717, 1.165) is 87.0 Å². The molecule has 256 valence electrons. The number of nitrogens with zero attached hydrogens (tertiary/aromatic N) is 2. The van der Waals surface area contributed by atoms with E-state index < -0.39 is 0 Å². The minimum atomic E-state index is 0.176. The number of aryl methyl sites for hydroxylation is 1. The van der Waals surface area contributed by atoms with Crippen LogP contribution < -0.4 is 10.6 Å². The Balaban J connectivity index is 0.000000153. The predicted octanol–water partition coefficient (Wildman–Crippen LogP) is 10.1. The van der Waals surface area contributed by atoms with Crippen molar-refractivity contribution in [3.8, 4) is 22.5 Å². The molecule has 1 unspecified atom stereocenters. The van der Waals surface area contributed by atoms with Gasteiger partial charge in [0.05, 0.1) is 33.9 Å². The lowest BCUT2D eigenvalue weighted by Crippen LogP contribution is -2.18. The summed E-state index contributed by atoms with van der Waals surface area (Å²) in [4.78, 5) is 40.9. The molecule has 0 aliphatic heterocycles. The number of benzene rings is 3. The normalized spacial score (nSPS) is 14.8. The molecule has 0 bridgehead atoms. The first-order valence-corrected chi connectivity index (χ1v) is 17.7. The monoisotopic (exact) mass is 682 g/mol. The summed E-state index contributed by atoms with van der Waals surface area (Å²) in [7, 11) is 0. The quantitative estimate of drug-likeness (QED) is 0.133. The number of hydrogen-bond acceptors (Lipinski definition) is 6. The number of aromatic nitrogens is 4. The van der Waals surface area contributed by atoms with Crippen LogP contribution >= 0.6 is 0 Å². The van der Waals surface area contributed by atoms with Crippen LogP contribution in [0.3, 0.4) is 0 Å². The minimum absolute atomic E-state index is 0.176. The number of ketones is 2. The Kier molecular flexibility index (Phi) is 9.26. The van der Waals surface area contributed by atoms with Crippen LogP contribution in [0, 0.1) is 0 Å². The summed E-state index contributed by atoms with van der Waals surface area (Å²) in [6.45, 7) is 0. The fourth-order valence-corrected chi connectivity index (χ4v) is 7.27. The first kappa shape index (κ1) is 32.7. The van der Waals surface area contributed by atoms with Gasteiger partial charge in [0, 0.05) is 71.5 Å². The van der Waals surface area contributed by atoms with E-state index in [9.17, 15) is 9.59 Å². The molecule has 8 heteroatoms. The number of fused-ring (bicyclic) bond motifs is 2. The zero-order valence-corrected chi connectivity index (χ0v) is 28.6. The number of carbonyl (C=O) groups is 2. The fourth-order valence-electron chi connectivity index (χ4n) is 7.27. The van der Waals surface area contributed by atoms with E-state index in [-0.39, 0.29) is 17.5 Å². The molecule has 4 heterocycles. The third-order valence-corrected chi connectivity index (χ3v) is 9.72. The SMILES string of the molecule is O=C1CC(c2ccccc2)Cc2[nH]c(-c3ccncc3)c(Nc3ccccc3)c21.O=C1CCCc2[nH]c(-c3ccncc3)c(Nc3ccccc3)c21. The van der Waals surface area contributed by atoms with Gasteiger partial charge in [-0.3, -0.25) is 19.6 Å². The van der Waals surface area contributed by atoms with Crippen LogP contribution in [-0.2, 0) is 12.8 Å². The van der Waals surface area contributed by atoms with E-state index in [1.165, 1.54) is 5.56 Å². The third-order valence-electron chi connectivity index (χ3n) is 9.72. The van der Waals surface area contributed by atoms with E-state index in [0.29, 0.717) is 12.8 Å². The predicted molar refractivity (Wildman–Crippen MR) is 207 cm³/mol. The number of H-pyrrole nitrogens is 2. The summed E-state index contributed by atoms with van der Waals surface area (Å²) in [5, 5.41) is 6.93. The van der Waals surface area contributed by atoms with Crippen LogP contribution in [0.5, 0.6) is 0 Å². The van der Waals surface area contributed by atoms with Crippen LogP contribution in [0.25, 0.3) is 22.5 Å². The van der Waals surface area contributed by atoms with Crippen molar-refractivity contribution in [2.75, 3.05) is 10.6 Å². The summed E-state index contributed by atoms with van der Waals surface area (Å²) in [5.74, 6) is 0.584. The maximum atomic E-state index is 13.3. The van der Waals surface area contributed by atoms with Crippen molar-refractivity contribution in [3.05, 3.63) is 168 Å². The van der Waals surface area contributed by atoms with Gasteiger partial charge in [0.2, 0.25) is 0 Å². The molecule has 3 aromatic carbocycles. The first-order chi connectivity index (χ1) is 25.6. The van der Waals surface area contributed by atoms with E-state index in [1.807, 2.05) is 103 Å². The highest BCUT2D eigenvalue weighted by Crippen LogP contribution is 2.42. The summed E-state index contributed by atoms with van der Waals surface area (Å²) < 4.78 is 0. The number of anilines is 4. The van der Waals surface area contributed by atoms with Crippen molar-refractivity contribution in [3.63, 3.8) is 0 Å². The molecule has 8 nitrogen and oxygen atoms in total. The number of para-hydroxylation sites is 2. The average Bonchev–Trinajstić information content (AvgIpc) is 3.76. The van der Waals surface area contributed by atoms with Crippen LogP contribution in [0.1, 0.15) is 62.8 Å². The molecular formula is C44H38N6O2. The Morgan fingerprint density at radius 1 is 0.519 bits per heavy atom. The smallest absolute Gasteiger partial charge is 0.167 e. The lowest BCUT2D eigenvalue weighted by Gasteiger charge is -2.22. The Hall–Kier alpha value is -6.54. The number of Topliss-reactive ketones (excluding diaryl/α,β-unsaturated/α-hetero) is 2. The molecule has 9 rings (SSSR count). The Morgan fingerprint density at radius 3 is 1.54 bits per heavy atom. The van der Waals surface area contributed by atoms with Gasteiger partial charge in [-0.2, -0.15) is 0 Å². The number of pyridine rings is 2. The van der Waals surface area contributed by atoms with Gasteiger partial charge in [-0.05, 0) is 79.3 Å². The molecule has 52 heavy (non-hydrogen) atoms. The lowest BCUT2D eigenvalue weighted by atomic mass is 9.82. The number of aromatic amines is 2. The van der Waals surface area contributed by atoms with E-state index in [2.05, 4.69) is 42.7 Å². The van der Waals surface area contributed by atoms with Gasteiger partial charge < -0.3 is 20.6 Å². The Labute approximate surface area is 302 Å². The highest BCUT2D eigenvalue weighted by molar-refractivity contribution is 6.08. The minimum Gasteiger partial charge on any atom is -0.356 e. The Morgan fingerprint density at radius 2 is 1.00 bits per heavy atom. The molecule has 1 atom stereocenters. The Bertz CT molecular complexity index is 2300. The molecule has 4 N–H and O–H groups in total. The molecule has 4 aromatic heterocycles. The highest BCUT2D eigenvalue weighted by Gasteiger charge is 2.32. The zero-order chi connectivity index (χ0) is 35.3. The van der Waals surface area contributed by atoms with Crippen molar-refractivity contribution >= 4 is 34.3 Å². The highest BCUT2D eigenvalue weighted by atomic mass is 16.1. The van der Waals surface area contributed by atoms with Crippen molar-refractivity contribution in [1.29, 1.82) is 0 Å². The second kappa shape index (κ2) is 14.7. The second-order valence-corrected chi connectivity index (χ2v) is 13.1. The molecule has 2 aliphatic rings. The van der Waals surface area contributed by atoms with Gasteiger partial charge in [-0.1, -0.05) is 66.7 Å². The first-order valence-electron chi connectivity index (χ1n) is 17.7. The van der Waals surface area contributed by atoms with Crippen molar-refractivity contribution in [1.82, 2.24) is 19.9 Å². The third kappa shape index (κ3) is 6.79. The number of hydrogen-bond donors (Lipinski definition) is 4. The standard InChI is InChI=1S/C25H21N3O.C19H17N3O/c29-22-16-19(17-7-3-1-4-8-17)15-21-23(22)25(27-20-9-5-2-6-10-20)24(28-21)18-11-13-26-14-12-18;23-16-8-4-7-15-17(16)19(21-14-5-2-1-3-6-14)18(22-15)13-9-11-20-12-10-13/h1-14,19,27-28H,15-16H2;1-3,5-6,9-12,21-22H,4,7-8H2. The van der Waals surface area contributed by atoms with E-state index >= 15 is 0 Å². The van der Waals surface area contributed by atoms with Gasteiger partial charge in [0.15, 0.2) is 11.6 Å². The average molecular weight is 683 g/mol. The fraction of sp³-hybridized carbons (Fsp3) is 0.136. The van der Waals surface area contributed by atoms with Crippen LogP contribution in [0.4, 0.5) is 22.7 Å². The molecule has 0 amide bonds. The van der Waals surface area contributed by atoms with Gasteiger partial charge in [-0.15, -0.1) is 0 Å². The van der Waals surface area contributed by atoms with Crippen LogP contribution in [-0.4, -0.2) is 31.5 Å². The molecule has 2 aliphatic carbocycles. The molecule has 0 saturated carbocycles. The lowest BCUT2D eigenvalue weighted by molar-refractivity contribution is 0.0960. The topological polar surface area (TPSA) is 116 Å². The summed E-state index contributed by atoms with van der Waals surface area (Å²) in [5.41, 5.74) is 12.4. The largest absolute Gasteiger partial charge is 0.356 e. The van der Waals surface area contributed by atoms with Gasteiger partial charge >= 0.3 is 0 Å². The van der Waals surface area contributed by atoms with Crippen molar-refractivity contribution in [2.24, 2.45) is 0 Å². The number of nitrogens with one attached hydrogen (secondary N) is 4. The summed E-state index contributed by atoms with van der Waals surface area (Å²) in [6.07, 6.45) is 10.9. The maximum absolute atomic E-state index is 13.3. The van der Waals surface area contributed by atoms with Crippen LogP contribution in [0.15, 0.2) is 140 Å². The number of rotatable bonds is 7. The zero-order valence-electron chi connectivity index (χ0n) is 28.6. The van der Waals surface area contributed by atoms with Gasteiger partial charge in [0.1, 0.15) is 0 Å². The summed E-state index contributed by atoms with van der Waals surface area (Å²) >= 11 is 0. The van der Waals surface area contributed by atoms with Gasteiger partial charge in [-0.25, -0.2) is 0 Å². The molecular weight excluding hydrogens is 645 g/mol.